The molecule has 17 nitrogen and oxygen atoms in total. The zero-order chi connectivity index (χ0) is 33.9. The standard InChI is InChI=1S/C29H30O17/c1-40-18-8-13(9-19(41-2)24(18)42-3)43-29-26(46-28(39)12-6-16(33)22(36)17(34)7-12)25(23(37)20(10-30)44-29)45-27(38)11-4-14(31)21(35)15(32)5-11/h4-9,20,23,25-26,29-37H,10H2,1-3H3/t20-,23-,25+,26-,29-/m1/s1. The van der Waals surface area contributed by atoms with E-state index in [0.29, 0.717) is 0 Å². The summed E-state index contributed by atoms with van der Waals surface area (Å²) in [6.45, 7) is -0.856. The van der Waals surface area contributed by atoms with Crippen LogP contribution in [0.4, 0.5) is 0 Å². The molecule has 8 N–H and O–H groups in total. The molecule has 0 bridgehead atoms. The van der Waals surface area contributed by atoms with Crippen LogP contribution in [-0.2, 0) is 14.2 Å². The first-order valence-electron chi connectivity index (χ1n) is 13.2. The van der Waals surface area contributed by atoms with E-state index in [1.807, 2.05) is 0 Å². The van der Waals surface area contributed by atoms with Crippen molar-refractivity contribution in [3.63, 3.8) is 0 Å². The quantitative estimate of drug-likeness (QED) is 0.112. The summed E-state index contributed by atoms with van der Waals surface area (Å²) in [5, 5.41) is 79.9. The van der Waals surface area contributed by atoms with Crippen LogP contribution in [0.2, 0.25) is 0 Å². The van der Waals surface area contributed by atoms with Gasteiger partial charge in [0.15, 0.2) is 52.1 Å². The number of aliphatic hydroxyl groups excluding tert-OH is 2. The maximum atomic E-state index is 13.2. The molecule has 1 fully saturated rings. The van der Waals surface area contributed by atoms with E-state index in [1.54, 1.807) is 0 Å². The number of hydrogen-bond acceptors (Lipinski definition) is 17. The second kappa shape index (κ2) is 13.6. The molecule has 0 aliphatic carbocycles. The lowest BCUT2D eigenvalue weighted by molar-refractivity contribution is -0.276. The van der Waals surface area contributed by atoms with Crippen molar-refractivity contribution in [1.29, 1.82) is 0 Å². The van der Waals surface area contributed by atoms with Crippen molar-refractivity contribution in [2.75, 3.05) is 27.9 Å². The fourth-order valence-corrected chi connectivity index (χ4v) is 4.48. The summed E-state index contributed by atoms with van der Waals surface area (Å²) in [7, 11) is 4.02. The summed E-state index contributed by atoms with van der Waals surface area (Å²) in [6, 6.07) is 5.68. The Kier molecular flexibility index (Phi) is 9.89. The Hall–Kier alpha value is -5.52. The number of aromatic hydroxyl groups is 6. The fourth-order valence-electron chi connectivity index (χ4n) is 4.48. The van der Waals surface area contributed by atoms with Crippen molar-refractivity contribution in [1.82, 2.24) is 0 Å². The van der Waals surface area contributed by atoms with Crippen LogP contribution in [0, 0.1) is 0 Å². The maximum Gasteiger partial charge on any atom is 0.339 e. The molecule has 1 heterocycles. The number of ether oxygens (including phenoxy) is 7. The van der Waals surface area contributed by atoms with E-state index >= 15 is 0 Å². The van der Waals surface area contributed by atoms with Gasteiger partial charge in [-0.2, -0.15) is 0 Å². The maximum absolute atomic E-state index is 13.2. The van der Waals surface area contributed by atoms with Crippen molar-refractivity contribution < 1.29 is 83.6 Å². The van der Waals surface area contributed by atoms with Gasteiger partial charge in [-0.25, -0.2) is 9.59 Å². The molecule has 0 amide bonds. The molecule has 4 rings (SSSR count). The largest absolute Gasteiger partial charge is 0.504 e. The molecule has 248 valence electrons. The highest BCUT2D eigenvalue weighted by atomic mass is 16.7. The van der Waals surface area contributed by atoms with E-state index in [0.717, 1.165) is 24.3 Å². The lowest BCUT2D eigenvalue weighted by Gasteiger charge is -2.42. The van der Waals surface area contributed by atoms with Crippen LogP contribution in [0.25, 0.3) is 0 Å². The summed E-state index contributed by atoms with van der Waals surface area (Å²) in [5.41, 5.74) is -1.01. The first kappa shape index (κ1) is 33.4. The zero-order valence-corrected chi connectivity index (χ0v) is 24.3. The van der Waals surface area contributed by atoms with Gasteiger partial charge in [0.2, 0.25) is 18.1 Å². The van der Waals surface area contributed by atoms with E-state index in [1.165, 1.54) is 33.5 Å². The summed E-state index contributed by atoms with van der Waals surface area (Å²) >= 11 is 0. The van der Waals surface area contributed by atoms with Crippen LogP contribution in [0.5, 0.6) is 57.5 Å². The molecular formula is C29H30O17. The average molecular weight is 651 g/mol. The normalized spacial score (nSPS) is 20.8. The smallest absolute Gasteiger partial charge is 0.339 e. The van der Waals surface area contributed by atoms with Gasteiger partial charge in [0.1, 0.15) is 18.0 Å². The Morgan fingerprint density at radius 1 is 0.696 bits per heavy atom. The molecule has 0 spiro atoms. The highest BCUT2D eigenvalue weighted by molar-refractivity contribution is 5.92. The number of esters is 2. The van der Waals surface area contributed by atoms with Crippen LogP contribution in [0.1, 0.15) is 20.7 Å². The van der Waals surface area contributed by atoms with Crippen molar-refractivity contribution in [3.05, 3.63) is 47.5 Å². The van der Waals surface area contributed by atoms with E-state index < -0.39 is 94.9 Å². The van der Waals surface area contributed by atoms with Crippen LogP contribution in [0.15, 0.2) is 36.4 Å². The van der Waals surface area contributed by atoms with E-state index in [-0.39, 0.29) is 23.0 Å². The third-order valence-corrected chi connectivity index (χ3v) is 6.79. The van der Waals surface area contributed by atoms with E-state index in [4.69, 9.17) is 33.2 Å². The third-order valence-electron chi connectivity index (χ3n) is 6.79. The fraction of sp³-hybridized carbons (Fsp3) is 0.310. The highest BCUT2D eigenvalue weighted by Gasteiger charge is 2.51. The van der Waals surface area contributed by atoms with Crippen molar-refractivity contribution in [3.8, 4) is 57.5 Å². The number of carbonyl (C=O) groups excluding carboxylic acids is 2. The van der Waals surface area contributed by atoms with Crippen LogP contribution in [-0.4, -0.2) is 111 Å². The minimum Gasteiger partial charge on any atom is -0.504 e. The molecule has 0 unspecified atom stereocenters. The summed E-state index contributed by atoms with van der Waals surface area (Å²) in [6.07, 6.45) is -8.96. The van der Waals surface area contributed by atoms with Crippen LogP contribution < -0.4 is 18.9 Å². The number of phenolic OH excluding ortho intramolecular Hbond substituents is 6. The Labute approximate surface area is 259 Å². The number of benzene rings is 3. The first-order valence-corrected chi connectivity index (χ1v) is 13.2. The molecule has 3 aromatic rings. The Balaban J connectivity index is 1.78. The van der Waals surface area contributed by atoms with Gasteiger partial charge in [-0.15, -0.1) is 0 Å². The molecule has 5 atom stereocenters. The highest BCUT2D eigenvalue weighted by Crippen LogP contribution is 2.42. The van der Waals surface area contributed by atoms with Gasteiger partial charge >= 0.3 is 11.9 Å². The van der Waals surface area contributed by atoms with Gasteiger partial charge in [0, 0.05) is 12.1 Å². The van der Waals surface area contributed by atoms with Gasteiger partial charge in [-0.05, 0) is 24.3 Å². The summed E-state index contributed by atoms with van der Waals surface area (Å²) in [4.78, 5) is 26.4. The predicted molar refractivity (Wildman–Crippen MR) is 150 cm³/mol. The van der Waals surface area contributed by atoms with Crippen LogP contribution in [0.3, 0.4) is 0 Å². The molecule has 0 saturated carbocycles. The molecule has 0 radical (unpaired) electrons. The van der Waals surface area contributed by atoms with Gasteiger partial charge in [0.25, 0.3) is 0 Å². The number of rotatable bonds is 10. The number of phenols is 6. The molecule has 3 aromatic carbocycles. The molecule has 17 heteroatoms. The SMILES string of the molecule is COc1cc(O[C@@H]2O[C@H](CO)[C@@H](O)[C@H](OC(=O)c3cc(O)c(O)c(O)c3)[C@H]2OC(=O)c2cc(O)c(O)c(O)c2)cc(OC)c1OC. The number of carbonyl (C=O) groups is 2. The summed E-state index contributed by atoms with van der Waals surface area (Å²) < 4.78 is 38.5. The van der Waals surface area contributed by atoms with Crippen LogP contribution >= 0.6 is 0 Å². The number of methoxy groups -OCH3 is 3. The third kappa shape index (κ3) is 6.60. The Morgan fingerprint density at radius 3 is 1.52 bits per heavy atom. The second-order valence-corrected chi connectivity index (χ2v) is 9.66. The lowest BCUT2D eigenvalue weighted by atomic mass is 9.98. The van der Waals surface area contributed by atoms with Gasteiger partial charge in [-0.3, -0.25) is 0 Å². The molecule has 0 aromatic heterocycles. The van der Waals surface area contributed by atoms with Crippen molar-refractivity contribution in [2.24, 2.45) is 0 Å². The molecule has 1 aliphatic rings. The van der Waals surface area contributed by atoms with E-state index in [9.17, 15) is 50.4 Å². The van der Waals surface area contributed by atoms with Crippen molar-refractivity contribution >= 4 is 11.9 Å². The second-order valence-electron chi connectivity index (χ2n) is 9.66. The molecular weight excluding hydrogens is 620 g/mol. The van der Waals surface area contributed by atoms with Gasteiger partial charge < -0.3 is 74.0 Å². The van der Waals surface area contributed by atoms with Crippen molar-refractivity contribution in [2.45, 2.75) is 30.7 Å². The Morgan fingerprint density at radius 2 is 1.13 bits per heavy atom. The predicted octanol–water partition coefficient (Wildman–Crippen LogP) is 0.854. The number of hydrogen-bond donors (Lipinski definition) is 8. The molecule has 1 aliphatic heterocycles. The lowest BCUT2D eigenvalue weighted by Crippen LogP contribution is -2.62. The monoisotopic (exact) mass is 650 g/mol. The Bertz CT molecular complexity index is 1530. The van der Waals surface area contributed by atoms with Gasteiger partial charge in [0.05, 0.1) is 39.1 Å². The zero-order valence-electron chi connectivity index (χ0n) is 24.3. The topological polar surface area (TPSA) is 261 Å². The average Bonchev–Trinajstić information content (AvgIpc) is 3.03. The minimum atomic E-state index is -1.90. The number of aliphatic hydroxyl groups is 2. The summed E-state index contributed by atoms with van der Waals surface area (Å²) in [5.74, 6) is -7.58. The molecule has 46 heavy (non-hydrogen) atoms. The molecule has 1 saturated heterocycles. The minimum absolute atomic E-state index is 0.0491. The van der Waals surface area contributed by atoms with E-state index in [2.05, 4.69) is 0 Å². The first-order chi connectivity index (χ1) is 21.8. The van der Waals surface area contributed by atoms with Gasteiger partial charge in [-0.1, -0.05) is 0 Å².